The van der Waals surface area contributed by atoms with Crippen LogP contribution < -0.4 is 5.73 Å². The minimum atomic E-state index is 0.134. The zero-order chi connectivity index (χ0) is 16.8. The standard InChI is InChI=1S/C20H25N3O/c1-12-3-6-18-16(9-12)17(11-19(22-18)14-4-5-14)20(24)23-8-7-15(21)10-13(23)2/h3,6,9,11,13-15H,4-5,7-8,10,21H2,1-2H3. The lowest BCUT2D eigenvalue weighted by atomic mass is 9.96. The van der Waals surface area contributed by atoms with Gasteiger partial charge in [0.15, 0.2) is 0 Å². The Kier molecular flexibility index (Phi) is 3.80. The summed E-state index contributed by atoms with van der Waals surface area (Å²) >= 11 is 0. The molecule has 1 aliphatic carbocycles. The van der Waals surface area contributed by atoms with Crippen LogP contribution in [0.3, 0.4) is 0 Å². The van der Waals surface area contributed by atoms with E-state index in [2.05, 4.69) is 26.0 Å². The highest BCUT2D eigenvalue weighted by Crippen LogP contribution is 2.40. The number of nitrogens with two attached hydrogens (primary N) is 1. The number of piperidine rings is 1. The molecule has 2 N–H and O–H groups in total. The van der Waals surface area contributed by atoms with Crippen LogP contribution in [0.25, 0.3) is 10.9 Å². The predicted octanol–water partition coefficient (Wildman–Crippen LogP) is 3.37. The van der Waals surface area contributed by atoms with Crippen molar-refractivity contribution < 1.29 is 4.79 Å². The number of pyridine rings is 1. The Bertz CT molecular complexity index is 797. The predicted molar refractivity (Wildman–Crippen MR) is 96.2 cm³/mol. The summed E-state index contributed by atoms with van der Waals surface area (Å²) in [4.78, 5) is 20.1. The minimum Gasteiger partial charge on any atom is -0.336 e. The van der Waals surface area contributed by atoms with Gasteiger partial charge >= 0.3 is 0 Å². The molecule has 0 radical (unpaired) electrons. The fraction of sp³-hybridized carbons (Fsp3) is 0.500. The van der Waals surface area contributed by atoms with Gasteiger partial charge in [0.1, 0.15) is 0 Å². The Morgan fingerprint density at radius 1 is 1.25 bits per heavy atom. The Morgan fingerprint density at radius 3 is 2.75 bits per heavy atom. The van der Waals surface area contributed by atoms with Crippen LogP contribution >= 0.6 is 0 Å². The van der Waals surface area contributed by atoms with Gasteiger partial charge in [-0.05, 0) is 57.7 Å². The van der Waals surface area contributed by atoms with Crippen LogP contribution in [-0.2, 0) is 0 Å². The number of carbonyl (C=O) groups excluding carboxylic acids is 1. The summed E-state index contributed by atoms with van der Waals surface area (Å²) in [6.45, 7) is 4.91. The van der Waals surface area contributed by atoms with Crippen molar-refractivity contribution in [3.8, 4) is 0 Å². The zero-order valence-electron chi connectivity index (χ0n) is 14.5. The molecule has 1 saturated heterocycles. The normalized spacial score (nSPS) is 24.4. The minimum absolute atomic E-state index is 0.134. The van der Waals surface area contributed by atoms with Crippen molar-refractivity contribution in [3.63, 3.8) is 0 Å². The van der Waals surface area contributed by atoms with E-state index in [9.17, 15) is 4.79 Å². The fourth-order valence-corrected chi connectivity index (χ4v) is 3.79. The van der Waals surface area contributed by atoms with Crippen molar-refractivity contribution in [3.05, 3.63) is 41.1 Å². The quantitative estimate of drug-likeness (QED) is 0.922. The van der Waals surface area contributed by atoms with E-state index in [0.717, 1.165) is 47.1 Å². The highest BCUT2D eigenvalue weighted by atomic mass is 16.2. The van der Waals surface area contributed by atoms with Crippen LogP contribution in [0.15, 0.2) is 24.3 Å². The van der Waals surface area contributed by atoms with Crippen molar-refractivity contribution >= 4 is 16.8 Å². The van der Waals surface area contributed by atoms with E-state index in [4.69, 9.17) is 10.7 Å². The molecule has 0 bridgehead atoms. The topological polar surface area (TPSA) is 59.2 Å². The van der Waals surface area contributed by atoms with Gasteiger partial charge in [0, 0.05) is 35.6 Å². The number of benzene rings is 1. The molecule has 1 aliphatic heterocycles. The van der Waals surface area contributed by atoms with Gasteiger partial charge in [0.05, 0.1) is 11.1 Å². The third-order valence-electron chi connectivity index (χ3n) is 5.39. The van der Waals surface area contributed by atoms with E-state index < -0.39 is 0 Å². The average Bonchev–Trinajstić information content (AvgIpc) is 3.38. The molecule has 2 fully saturated rings. The smallest absolute Gasteiger partial charge is 0.254 e. The molecule has 1 saturated carbocycles. The Morgan fingerprint density at radius 2 is 2.04 bits per heavy atom. The number of hydrogen-bond acceptors (Lipinski definition) is 3. The lowest BCUT2D eigenvalue weighted by Crippen LogP contribution is -2.48. The van der Waals surface area contributed by atoms with Gasteiger partial charge in [-0.3, -0.25) is 9.78 Å². The van der Waals surface area contributed by atoms with Gasteiger partial charge in [0.25, 0.3) is 5.91 Å². The number of aryl methyl sites for hydroxylation is 1. The highest BCUT2D eigenvalue weighted by Gasteiger charge is 2.31. The summed E-state index contributed by atoms with van der Waals surface area (Å²) < 4.78 is 0. The molecular weight excluding hydrogens is 298 g/mol. The molecule has 1 aromatic carbocycles. The monoisotopic (exact) mass is 323 g/mol. The van der Waals surface area contributed by atoms with Gasteiger partial charge < -0.3 is 10.6 Å². The molecule has 126 valence electrons. The van der Waals surface area contributed by atoms with Crippen molar-refractivity contribution in [1.29, 1.82) is 0 Å². The number of carbonyl (C=O) groups is 1. The third-order valence-corrected chi connectivity index (χ3v) is 5.39. The van der Waals surface area contributed by atoms with Gasteiger partial charge in [-0.1, -0.05) is 11.6 Å². The number of amides is 1. The van der Waals surface area contributed by atoms with Gasteiger partial charge in [-0.2, -0.15) is 0 Å². The first-order valence-corrected chi connectivity index (χ1v) is 9.01. The van der Waals surface area contributed by atoms with Gasteiger partial charge in [-0.15, -0.1) is 0 Å². The maximum absolute atomic E-state index is 13.3. The molecule has 2 heterocycles. The molecule has 2 aliphatic rings. The molecule has 2 unspecified atom stereocenters. The van der Waals surface area contributed by atoms with E-state index in [1.165, 1.54) is 12.8 Å². The maximum atomic E-state index is 13.3. The first-order chi connectivity index (χ1) is 11.5. The van der Waals surface area contributed by atoms with Crippen molar-refractivity contribution in [2.45, 2.75) is 57.5 Å². The Labute approximate surface area is 143 Å². The van der Waals surface area contributed by atoms with Crippen LogP contribution in [0.1, 0.15) is 60.1 Å². The second-order valence-corrected chi connectivity index (χ2v) is 7.52. The molecule has 4 rings (SSSR count). The second kappa shape index (κ2) is 5.85. The van der Waals surface area contributed by atoms with Gasteiger partial charge in [0.2, 0.25) is 0 Å². The van der Waals surface area contributed by atoms with E-state index in [1.54, 1.807) is 0 Å². The molecule has 4 heteroatoms. The SMILES string of the molecule is Cc1ccc2nc(C3CC3)cc(C(=O)N3CCC(N)CC3C)c2c1. The third kappa shape index (κ3) is 2.80. The van der Waals surface area contributed by atoms with E-state index in [-0.39, 0.29) is 18.0 Å². The summed E-state index contributed by atoms with van der Waals surface area (Å²) in [5.41, 5.74) is 10.1. The fourth-order valence-electron chi connectivity index (χ4n) is 3.79. The van der Waals surface area contributed by atoms with Crippen molar-refractivity contribution in [2.75, 3.05) is 6.54 Å². The first-order valence-electron chi connectivity index (χ1n) is 9.01. The summed E-state index contributed by atoms with van der Waals surface area (Å²) in [5, 5.41) is 0.978. The average molecular weight is 323 g/mol. The van der Waals surface area contributed by atoms with Crippen molar-refractivity contribution in [2.24, 2.45) is 5.73 Å². The molecule has 24 heavy (non-hydrogen) atoms. The molecule has 0 spiro atoms. The van der Waals surface area contributed by atoms with Gasteiger partial charge in [-0.25, -0.2) is 0 Å². The molecular formula is C20H25N3O. The number of nitrogens with zero attached hydrogens (tertiary/aromatic N) is 2. The summed E-state index contributed by atoms with van der Waals surface area (Å²) in [7, 11) is 0. The molecule has 1 aromatic heterocycles. The van der Waals surface area contributed by atoms with E-state index >= 15 is 0 Å². The van der Waals surface area contributed by atoms with Crippen LogP contribution in [-0.4, -0.2) is 34.4 Å². The maximum Gasteiger partial charge on any atom is 0.254 e. The lowest BCUT2D eigenvalue weighted by Gasteiger charge is -2.36. The largest absolute Gasteiger partial charge is 0.336 e. The number of fused-ring (bicyclic) bond motifs is 1. The van der Waals surface area contributed by atoms with Crippen molar-refractivity contribution in [1.82, 2.24) is 9.88 Å². The first kappa shape index (κ1) is 15.6. The highest BCUT2D eigenvalue weighted by molar-refractivity contribution is 6.06. The lowest BCUT2D eigenvalue weighted by molar-refractivity contribution is 0.0621. The van der Waals surface area contributed by atoms with Crippen LogP contribution in [0.5, 0.6) is 0 Å². The summed E-state index contributed by atoms with van der Waals surface area (Å²) in [6.07, 6.45) is 4.14. The molecule has 4 nitrogen and oxygen atoms in total. The molecule has 1 amide bonds. The number of aromatic nitrogens is 1. The summed E-state index contributed by atoms with van der Waals surface area (Å²) in [5.74, 6) is 0.670. The number of likely N-dealkylation sites (tertiary alicyclic amines) is 1. The number of rotatable bonds is 2. The Hall–Kier alpha value is -1.94. The van der Waals surface area contributed by atoms with Crippen LogP contribution in [0.4, 0.5) is 0 Å². The van der Waals surface area contributed by atoms with E-state index in [1.807, 2.05) is 17.0 Å². The van der Waals surface area contributed by atoms with E-state index in [0.29, 0.717) is 5.92 Å². The number of hydrogen-bond donors (Lipinski definition) is 1. The molecule has 2 aromatic rings. The van der Waals surface area contributed by atoms with Crippen LogP contribution in [0.2, 0.25) is 0 Å². The Balaban J connectivity index is 1.79. The second-order valence-electron chi connectivity index (χ2n) is 7.52. The molecule has 2 atom stereocenters. The summed E-state index contributed by atoms with van der Waals surface area (Å²) in [6, 6.07) is 8.66. The van der Waals surface area contributed by atoms with Crippen LogP contribution in [0, 0.1) is 6.92 Å². The zero-order valence-corrected chi connectivity index (χ0v) is 14.5.